The number of carboxylic acids is 1. The summed E-state index contributed by atoms with van der Waals surface area (Å²) >= 11 is 6.11. The van der Waals surface area contributed by atoms with Crippen LogP contribution in [0.3, 0.4) is 0 Å². The fourth-order valence-electron chi connectivity index (χ4n) is 3.86. The van der Waals surface area contributed by atoms with Crippen molar-refractivity contribution in [3.63, 3.8) is 0 Å². The van der Waals surface area contributed by atoms with Crippen LogP contribution in [0.5, 0.6) is 0 Å². The lowest BCUT2D eigenvalue weighted by Crippen LogP contribution is -2.26. The Bertz CT molecular complexity index is 1170. The van der Waals surface area contributed by atoms with Gasteiger partial charge in [0.1, 0.15) is 5.69 Å². The molecule has 2 heterocycles. The van der Waals surface area contributed by atoms with Crippen LogP contribution in [0.25, 0.3) is 10.9 Å². The Balaban J connectivity index is 2.13. The monoisotopic (exact) mass is 472 g/mol. The van der Waals surface area contributed by atoms with E-state index in [1.54, 1.807) is 37.4 Å². The lowest BCUT2D eigenvalue weighted by molar-refractivity contribution is -0.138. The van der Waals surface area contributed by atoms with Crippen molar-refractivity contribution in [2.45, 2.75) is 52.8 Å². The largest absolute Gasteiger partial charge is 0.481 e. The van der Waals surface area contributed by atoms with E-state index in [0.717, 1.165) is 5.56 Å². The number of nitrogens with zero attached hydrogens (tertiary/aromatic N) is 1. The number of pyridine rings is 1. The zero-order chi connectivity index (χ0) is 23.8. The molecule has 1 aromatic carbocycles. The molecule has 0 aliphatic rings. The number of aromatic nitrogens is 2. The number of ketones is 1. The molecule has 0 aliphatic heterocycles. The predicted molar refractivity (Wildman–Crippen MR) is 129 cm³/mol. The summed E-state index contributed by atoms with van der Waals surface area (Å²) in [7, 11) is -1.35. The normalized spacial score (nSPS) is 14.0. The van der Waals surface area contributed by atoms with Crippen molar-refractivity contribution in [3.05, 3.63) is 64.1 Å². The van der Waals surface area contributed by atoms with Gasteiger partial charge < -0.3 is 14.5 Å². The van der Waals surface area contributed by atoms with Gasteiger partial charge >= 0.3 is 5.97 Å². The van der Waals surface area contributed by atoms with Gasteiger partial charge in [-0.2, -0.15) is 0 Å². The molecule has 0 radical (unpaired) electrons. The van der Waals surface area contributed by atoms with Crippen LogP contribution in [0.4, 0.5) is 0 Å². The molecule has 2 atom stereocenters. The molecule has 0 fully saturated rings. The first kappa shape index (κ1) is 24.2. The standard InChI is InChI=1S/C24H29ClN2O4Si/c1-13(23(29)30)19-16-8-7-15(25)12-17(16)27-20(19)21(28)18-11-14(9-10-26-18)22(24(2,3)4)31-32(5)6/h7-13,22,27,32H,1-6H3,(H,29,30). The molecule has 0 saturated heterocycles. The molecule has 170 valence electrons. The number of carbonyl (C=O) groups excluding carboxylic acids is 1. The number of nitrogens with one attached hydrogen (secondary N) is 1. The number of benzene rings is 1. The van der Waals surface area contributed by atoms with Crippen LogP contribution in [0.15, 0.2) is 36.5 Å². The zero-order valence-electron chi connectivity index (χ0n) is 19.2. The van der Waals surface area contributed by atoms with Gasteiger partial charge in [-0.3, -0.25) is 14.6 Å². The molecule has 2 aromatic heterocycles. The van der Waals surface area contributed by atoms with Gasteiger partial charge in [-0.1, -0.05) is 38.4 Å². The summed E-state index contributed by atoms with van der Waals surface area (Å²) in [5.74, 6) is -2.26. The van der Waals surface area contributed by atoms with E-state index in [-0.39, 0.29) is 28.7 Å². The minimum absolute atomic E-state index is 0.167. The predicted octanol–water partition coefficient (Wildman–Crippen LogP) is 5.72. The van der Waals surface area contributed by atoms with E-state index in [0.29, 0.717) is 21.5 Å². The summed E-state index contributed by atoms with van der Waals surface area (Å²) in [6.45, 7) is 12.1. The third kappa shape index (κ3) is 4.95. The fourth-order valence-corrected chi connectivity index (χ4v) is 5.14. The van der Waals surface area contributed by atoms with Crippen LogP contribution in [0.1, 0.15) is 67.0 Å². The number of hydrogen-bond acceptors (Lipinski definition) is 4. The quantitative estimate of drug-likeness (QED) is 0.338. The van der Waals surface area contributed by atoms with E-state index in [1.165, 1.54) is 0 Å². The molecule has 3 aromatic rings. The van der Waals surface area contributed by atoms with Crippen LogP contribution >= 0.6 is 11.6 Å². The maximum atomic E-state index is 13.5. The Kier molecular flexibility index (Phi) is 6.93. The maximum absolute atomic E-state index is 13.5. The van der Waals surface area contributed by atoms with Crippen molar-refractivity contribution in [1.29, 1.82) is 0 Å². The first-order valence-electron chi connectivity index (χ1n) is 10.6. The Labute approximate surface area is 194 Å². The van der Waals surface area contributed by atoms with Crippen LogP contribution < -0.4 is 0 Å². The maximum Gasteiger partial charge on any atom is 0.310 e. The van der Waals surface area contributed by atoms with E-state index >= 15 is 0 Å². The van der Waals surface area contributed by atoms with Gasteiger partial charge in [-0.05, 0) is 55.3 Å². The van der Waals surface area contributed by atoms with Crippen LogP contribution in [0, 0.1) is 5.41 Å². The van der Waals surface area contributed by atoms with Gasteiger partial charge in [0.2, 0.25) is 5.78 Å². The molecule has 0 amide bonds. The van der Waals surface area contributed by atoms with Gasteiger partial charge in [0.25, 0.3) is 0 Å². The average Bonchev–Trinajstić information content (AvgIpc) is 3.08. The van der Waals surface area contributed by atoms with Gasteiger partial charge in [0.15, 0.2) is 9.04 Å². The second-order valence-electron chi connectivity index (χ2n) is 9.40. The van der Waals surface area contributed by atoms with Gasteiger partial charge in [-0.15, -0.1) is 0 Å². The van der Waals surface area contributed by atoms with Crippen molar-refractivity contribution in [1.82, 2.24) is 9.97 Å². The molecule has 2 N–H and O–H groups in total. The SMILES string of the molecule is CC(C(=O)O)c1c(C(=O)c2cc(C(O[SiH](C)C)C(C)(C)C)ccn2)[nH]c2cc(Cl)ccc12. The van der Waals surface area contributed by atoms with Crippen molar-refractivity contribution in [2.75, 3.05) is 0 Å². The lowest BCUT2D eigenvalue weighted by Gasteiger charge is -2.33. The summed E-state index contributed by atoms with van der Waals surface area (Å²) < 4.78 is 6.30. The van der Waals surface area contributed by atoms with Crippen molar-refractivity contribution in [3.8, 4) is 0 Å². The van der Waals surface area contributed by atoms with Gasteiger partial charge in [-0.25, -0.2) is 0 Å². The number of aromatic amines is 1. The van der Waals surface area contributed by atoms with Crippen molar-refractivity contribution in [2.24, 2.45) is 5.41 Å². The fraction of sp³-hybridized carbons (Fsp3) is 0.375. The minimum atomic E-state index is -1.35. The van der Waals surface area contributed by atoms with Crippen LogP contribution in [-0.2, 0) is 9.22 Å². The highest BCUT2D eigenvalue weighted by atomic mass is 35.5. The van der Waals surface area contributed by atoms with Crippen molar-refractivity contribution < 1.29 is 19.1 Å². The Morgan fingerprint density at radius 1 is 1.19 bits per heavy atom. The smallest absolute Gasteiger partial charge is 0.310 e. The topological polar surface area (TPSA) is 92.3 Å². The number of rotatable bonds is 7. The van der Waals surface area contributed by atoms with Crippen LogP contribution in [-0.4, -0.2) is 35.9 Å². The summed E-state index contributed by atoms with van der Waals surface area (Å²) in [6, 6.07) is 8.73. The summed E-state index contributed by atoms with van der Waals surface area (Å²) in [5, 5.41) is 10.8. The van der Waals surface area contributed by atoms with E-state index in [1.807, 2.05) is 6.07 Å². The molecule has 8 heteroatoms. The van der Waals surface area contributed by atoms with E-state index < -0.39 is 20.9 Å². The number of hydrogen-bond donors (Lipinski definition) is 2. The van der Waals surface area contributed by atoms with E-state index in [4.69, 9.17) is 16.0 Å². The molecule has 3 rings (SSSR count). The summed E-state index contributed by atoms with van der Waals surface area (Å²) in [6.07, 6.45) is 1.43. The highest BCUT2D eigenvalue weighted by Gasteiger charge is 2.31. The van der Waals surface area contributed by atoms with Gasteiger partial charge in [0, 0.05) is 27.7 Å². The Morgan fingerprint density at radius 3 is 2.47 bits per heavy atom. The molecule has 2 unspecified atom stereocenters. The second-order valence-corrected chi connectivity index (χ2v) is 12.2. The summed E-state index contributed by atoms with van der Waals surface area (Å²) in [4.78, 5) is 32.7. The summed E-state index contributed by atoms with van der Waals surface area (Å²) in [5.41, 5.74) is 2.21. The number of carboxylic acid groups (broad SMARTS) is 1. The molecule has 0 saturated carbocycles. The Hall–Kier alpha value is -2.48. The highest BCUT2D eigenvalue weighted by Crippen LogP contribution is 2.37. The molecule has 6 nitrogen and oxygen atoms in total. The van der Waals surface area contributed by atoms with E-state index in [2.05, 4.69) is 43.8 Å². The first-order valence-corrected chi connectivity index (χ1v) is 13.8. The minimum Gasteiger partial charge on any atom is -0.481 e. The third-order valence-electron chi connectivity index (χ3n) is 5.35. The second kappa shape index (κ2) is 9.17. The molecule has 0 aliphatic carbocycles. The van der Waals surface area contributed by atoms with Crippen LogP contribution in [0.2, 0.25) is 18.1 Å². The lowest BCUT2D eigenvalue weighted by atomic mass is 9.84. The average molecular weight is 473 g/mol. The molecular weight excluding hydrogens is 444 g/mol. The number of fused-ring (bicyclic) bond motifs is 1. The highest BCUT2D eigenvalue weighted by molar-refractivity contribution is 6.48. The van der Waals surface area contributed by atoms with Gasteiger partial charge in [0.05, 0.1) is 17.7 Å². The van der Waals surface area contributed by atoms with E-state index in [9.17, 15) is 14.7 Å². The number of carbonyl (C=O) groups is 2. The third-order valence-corrected chi connectivity index (χ3v) is 6.40. The molecule has 0 spiro atoms. The molecular formula is C24H29ClN2O4Si. The Morgan fingerprint density at radius 2 is 1.88 bits per heavy atom. The molecule has 32 heavy (non-hydrogen) atoms. The molecule has 0 bridgehead atoms. The number of H-pyrrole nitrogens is 1. The first-order chi connectivity index (χ1) is 14.9. The van der Waals surface area contributed by atoms with Crippen molar-refractivity contribution >= 4 is 43.3 Å². The number of halogens is 1. The zero-order valence-corrected chi connectivity index (χ0v) is 21.1. The number of aliphatic carboxylic acids is 1.